The van der Waals surface area contributed by atoms with Crippen LogP contribution in [0.2, 0.25) is 0 Å². The lowest BCUT2D eigenvalue weighted by Gasteiger charge is -2.28. The van der Waals surface area contributed by atoms with Crippen LogP contribution in [0.15, 0.2) is 28.8 Å². The van der Waals surface area contributed by atoms with Crippen LogP contribution in [-0.4, -0.2) is 42.2 Å². The molecule has 1 aromatic heterocycles. The zero-order chi connectivity index (χ0) is 20.4. The van der Waals surface area contributed by atoms with Crippen molar-refractivity contribution in [3.8, 4) is 0 Å². The number of rotatable bonds is 6. The number of piperidine rings is 1. The molecule has 1 fully saturated rings. The maximum Gasteiger partial charge on any atom is 0.416 e. The van der Waals surface area contributed by atoms with Gasteiger partial charge >= 0.3 is 6.18 Å². The van der Waals surface area contributed by atoms with E-state index in [-0.39, 0.29) is 30.5 Å². The van der Waals surface area contributed by atoms with Crippen LogP contribution in [0.4, 0.5) is 13.2 Å². The lowest BCUT2D eigenvalue weighted by molar-refractivity contribution is -0.138. The number of hydrogen-bond donors (Lipinski definition) is 1. The summed E-state index contributed by atoms with van der Waals surface area (Å²) >= 11 is 0. The molecule has 154 valence electrons. The van der Waals surface area contributed by atoms with Crippen molar-refractivity contribution < 1.29 is 26.1 Å². The highest BCUT2D eigenvalue weighted by molar-refractivity contribution is 7.88. The topological polar surface area (TPSA) is 88.3 Å². The fraction of sp³-hybridized carbons (Fsp3) is 0.529. The Labute approximate surface area is 161 Å². The lowest BCUT2D eigenvalue weighted by Crippen LogP contribution is -2.37. The third-order valence-electron chi connectivity index (χ3n) is 4.69. The molecule has 0 spiro atoms. The van der Waals surface area contributed by atoms with Crippen molar-refractivity contribution >= 4 is 10.0 Å². The van der Waals surface area contributed by atoms with E-state index in [1.165, 1.54) is 22.7 Å². The van der Waals surface area contributed by atoms with Crippen LogP contribution in [0.5, 0.6) is 0 Å². The third kappa shape index (κ3) is 5.09. The third-order valence-corrected chi connectivity index (χ3v) is 5.99. The molecule has 0 aliphatic carbocycles. The predicted molar refractivity (Wildman–Crippen MR) is 94.7 cm³/mol. The first kappa shape index (κ1) is 20.7. The summed E-state index contributed by atoms with van der Waals surface area (Å²) in [7, 11) is -3.20. The number of sulfonamides is 1. The van der Waals surface area contributed by atoms with Crippen LogP contribution in [0, 0.1) is 0 Å². The van der Waals surface area contributed by atoms with Crippen LogP contribution in [0.3, 0.4) is 0 Å². The number of benzene rings is 1. The molecule has 0 unspecified atom stereocenters. The summed E-state index contributed by atoms with van der Waals surface area (Å²) in [5, 5.41) is 6.83. The van der Waals surface area contributed by atoms with E-state index in [0.29, 0.717) is 31.8 Å². The van der Waals surface area contributed by atoms with Gasteiger partial charge in [-0.2, -0.15) is 18.2 Å². The Balaban J connectivity index is 1.54. The molecule has 1 aliphatic heterocycles. The monoisotopic (exact) mass is 418 g/mol. The Hall–Kier alpha value is -1.98. The average molecular weight is 418 g/mol. The van der Waals surface area contributed by atoms with E-state index in [2.05, 4.69) is 15.5 Å². The fourth-order valence-corrected chi connectivity index (χ4v) is 4.08. The van der Waals surface area contributed by atoms with Gasteiger partial charge in [-0.25, -0.2) is 12.7 Å². The molecule has 0 atom stereocenters. The van der Waals surface area contributed by atoms with Gasteiger partial charge in [-0.15, -0.1) is 0 Å². The summed E-state index contributed by atoms with van der Waals surface area (Å²) < 4.78 is 68.7. The lowest BCUT2D eigenvalue weighted by atomic mass is 9.98. The first-order chi connectivity index (χ1) is 13.1. The maximum absolute atomic E-state index is 13.0. The van der Waals surface area contributed by atoms with Gasteiger partial charge in [-0.1, -0.05) is 23.4 Å². The second-order valence-electron chi connectivity index (χ2n) is 6.74. The molecule has 11 heteroatoms. The van der Waals surface area contributed by atoms with Crippen molar-refractivity contribution in [2.24, 2.45) is 0 Å². The minimum absolute atomic E-state index is 0.00135. The second-order valence-corrected chi connectivity index (χ2v) is 8.72. The van der Waals surface area contributed by atoms with Crippen molar-refractivity contribution in [3.63, 3.8) is 0 Å². The SMILES string of the molecule is CS(=O)(=O)N1CCC(c2noc(CNCc3ccccc3C(F)(F)F)n2)CC1. The molecule has 28 heavy (non-hydrogen) atoms. The van der Waals surface area contributed by atoms with Gasteiger partial charge in [0, 0.05) is 25.6 Å². The van der Waals surface area contributed by atoms with E-state index in [4.69, 9.17) is 4.52 Å². The zero-order valence-electron chi connectivity index (χ0n) is 15.2. The molecular weight excluding hydrogens is 397 g/mol. The van der Waals surface area contributed by atoms with E-state index in [1.807, 2.05) is 0 Å². The smallest absolute Gasteiger partial charge is 0.338 e. The first-order valence-corrected chi connectivity index (χ1v) is 10.6. The molecule has 0 bridgehead atoms. The van der Waals surface area contributed by atoms with Crippen molar-refractivity contribution in [2.45, 2.75) is 38.0 Å². The molecule has 1 saturated heterocycles. The molecule has 0 amide bonds. The molecule has 1 N–H and O–H groups in total. The minimum Gasteiger partial charge on any atom is -0.338 e. The van der Waals surface area contributed by atoms with Gasteiger partial charge in [-0.3, -0.25) is 0 Å². The Bertz CT molecular complexity index is 906. The summed E-state index contributed by atoms with van der Waals surface area (Å²) in [5.74, 6) is 0.784. The molecule has 3 rings (SSSR count). The molecule has 2 heterocycles. The van der Waals surface area contributed by atoms with E-state index in [0.717, 1.165) is 6.07 Å². The van der Waals surface area contributed by atoms with Gasteiger partial charge in [0.2, 0.25) is 15.9 Å². The largest absolute Gasteiger partial charge is 0.416 e. The Kier molecular flexibility index (Phi) is 6.06. The van der Waals surface area contributed by atoms with Crippen LogP contribution >= 0.6 is 0 Å². The summed E-state index contributed by atoms with van der Waals surface area (Å²) in [6.45, 7) is 0.960. The van der Waals surface area contributed by atoms with Crippen molar-refractivity contribution in [3.05, 3.63) is 47.1 Å². The normalized spacial score (nSPS) is 17.1. The summed E-state index contributed by atoms with van der Waals surface area (Å²) in [4.78, 5) is 4.29. The predicted octanol–water partition coefficient (Wildman–Crippen LogP) is 2.52. The number of aromatic nitrogens is 2. The van der Waals surface area contributed by atoms with Crippen LogP contribution in [0.25, 0.3) is 0 Å². The summed E-state index contributed by atoms with van der Waals surface area (Å²) in [5.41, 5.74) is -0.533. The highest BCUT2D eigenvalue weighted by Crippen LogP contribution is 2.32. The Morgan fingerprint density at radius 2 is 1.89 bits per heavy atom. The van der Waals surface area contributed by atoms with E-state index < -0.39 is 21.8 Å². The molecule has 1 aliphatic rings. The van der Waals surface area contributed by atoms with Gasteiger partial charge in [0.15, 0.2) is 5.82 Å². The number of hydrogen-bond acceptors (Lipinski definition) is 6. The Morgan fingerprint density at radius 3 is 2.54 bits per heavy atom. The zero-order valence-corrected chi connectivity index (χ0v) is 16.1. The molecule has 1 aromatic carbocycles. The van der Waals surface area contributed by atoms with Gasteiger partial charge in [-0.05, 0) is 24.5 Å². The quantitative estimate of drug-likeness (QED) is 0.776. The van der Waals surface area contributed by atoms with Crippen molar-refractivity contribution in [1.29, 1.82) is 0 Å². The molecular formula is C17H21F3N4O3S. The molecule has 7 nitrogen and oxygen atoms in total. The minimum atomic E-state index is -4.41. The Morgan fingerprint density at radius 1 is 1.21 bits per heavy atom. The molecule has 2 aromatic rings. The van der Waals surface area contributed by atoms with Gasteiger partial charge in [0.05, 0.1) is 18.4 Å². The first-order valence-electron chi connectivity index (χ1n) is 8.78. The summed E-state index contributed by atoms with van der Waals surface area (Å²) in [6.07, 6.45) is -2.03. The maximum atomic E-state index is 13.0. The van der Waals surface area contributed by atoms with Crippen LogP contribution < -0.4 is 5.32 Å². The van der Waals surface area contributed by atoms with Crippen LogP contribution in [-0.2, 0) is 29.3 Å². The van der Waals surface area contributed by atoms with Gasteiger partial charge in [0.1, 0.15) is 0 Å². The fourth-order valence-electron chi connectivity index (χ4n) is 3.21. The van der Waals surface area contributed by atoms with Crippen LogP contribution in [0.1, 0.15) is 41.6 Å². The highest BCUT2D eigenvalue weighted by atomic mass is 32.2. The molecule has 0 radical (unpaired) electrons. The number of halogens is 3. The highest BCUT2D eigenvalue weighted by Gasteiger charge is 2.32. The number of nitrogens with one attached hydrogen (secondary N) is 1. The summed E-state index contributed by atoms with van der Waals surface area (Å²) in [6, 6.07) is 5.38. The second kappa shape index (κ2) is 8.18. The number of nitrogens with zero attached hydrogens (tertiary/aromatic N) is 3. The van der Waals surface area contributed by atoms with Crippen molar-refractivity contribution in [1.82, 2.24) is 19.8 Å². The standard InChI is InChI=1S/C17H21F3N4O3S/c1-28(25,26)24-8-6-12(7-9-24)16-22-15(27-23-16)11-21-10-13-4-2-3-5-14(13)17(18,19)20/h2-5,12,21H,6-11H2,1H3. The van der Waals surface area contributed by atoms with Gasteiger partial charge < -0.3 is 9.84 Å². The van der Waals surface area contributed by atoms with E-state index in [9.17, 15) is 21.6 Å². The van der Waals surface area contributed by atoms with E-state index in [1.54, 1.807) is 6.07 Å². The molecule has 0 saturated carbocycles. The number of alkyl halides is 3. The van der Waals surface area contributed by atoms with Gasteiger partial charge in [0.25, 0.3) is 0 Å². The average Bonchev–Trinajstić information content (AvgIpc) is 3.10. The van der Waals surface area contributed by atoms with E-state index >= 15 is 0 Å². The van der Waals surface area contributed by atoms with Crippen molar-refractivity contribution in [2.75, 3.05) is 19.3 Å².